The van der Waals surface area contributed by atoms with Gasteiger partial charge < -0.3 is 19.9 Å². The van der Waals surface area contributed by atoms with Crippen LogP contribution in [0, 0.1) is 0 Å². The molecule has 9 heteroatoms. The van der Waals surface area contributed by atoms with Crippen LogP contribution < -0.4 is 10.6 Å². The van der Waals surface area contributed by atoms with E-state index in [4.69, 9.17) is 9.26 Å². The van der Waals surface area contributed by atoms with E-state index < -0.39 is 0 Å². The highest BCUT2D eigenvalue weighted by Crippen LogP contribution is 2.21. The first kappa shape index (κ1) is 19.6. The van der Waals surface area contributed by atoms with Gasteiger partial charge in [0.15, 0.2) is 0 Å². The second-order valence-corrected chi connectivity index (χ2v) is 5.53. The molecule has 0 saturated carbocycles. The number of nitrogens with zero attached hydrogens (tertiary/aromatic N) is 2. The van der Waals surface area contributed by atoms with Gasteiger partial charge in [-0.05, 0) is 11.4 Å². The van der Waals surface area contributed by atoms with E-state index in [0.29, 0.717) is 37.7 Å². The van der Waals surface area contributed by atoms with Crippen LogP contribution in [0.1, 0.15) is 12.3 Å². The first-order valence-corrected chi connectivity index (χ1v) is 8.00. The maximum Gasteiger partial charge on any atom is 0.227 e. The van der Waals surface area contributed by atoms with Gasteiger partial charge in [-0.2, -0.15) is 4.98 Å². The highest BCUT2D eigenvalue weighted by Gasteiger charge is 2.10. The molecule has 23 heavy (non-hydrogen) atoms. The van der Waals surface area contributed by atoms with Crippen molar-refractivity contribution in [3.63, 3.8) is 0 Å². The lowest BCUT2D eigenvalue weighted by Gasteiger charge is -2.05. The number of hydrogen-bond acceptors (Lipinski definition) is 7. The van der Waals surface area contributed by atoms with Crippen molar-refractivity contribution in [3.05, 3.63) is 23.4 Å². The first-order chi connectivity index (χ1) is 10.8. The molecule has 2 heterocycles. The lowest BCUT2D eigenvalue weighted by molar-refractivity contribution is -0.121. The molecule has 0 aromatic carbocycles. The van der Waals surface area contributed by atoms with Crippen molar-refractivity contribution >= 4 is 29.7 Å². The van der Waals surface area contributed by atoms with Crippen LogP contribution in [0.25, 0.3) is 10.7 Å². The quantitative estimate of drug-likeness (QED) is 0.624. The van der Waals surface area contributed by atoms with Gasteiger partial charge in [-0.3, -0.25) is 4.79 Å². The average Bonchev–Trinajstić information content (AvgIpc) is 3.19. The van der Waals surface area contributed by atoms with Gasteiger partial charge in [-0.1, -0.05) is 11.2 Å². The third-order valence-electron chi connectivity index (χ3n) is 2.88. The molecular formula is C14H21ClN4O3S. The lowest BCUT2D eigenvalue weighted by atomic mass is 10.3. The molecule has 0 aliphatic heterocycles. The molecule has 1 amide bonds. The van der Waals surface area contributed by atoms with Gasteiger partial charge in [0.1, 0.15) is 0 Å². The Morgan fingerprint density at radius 2 is 2.26 bits per heavy atom. The number of hydrogen-bond donors (Lipinski definition) is 2. The van der Waals surface area contributed by atoms with Gasteiger partial charge in [0.05, 0.1) is 11.5 Å². The number of aromatic nitrogens is 2. The van der Waals surface area contributed by atoms with Crippen LogP contribution in [0.5, 0.6) is 0 Å². The summed E-state index contributed by atoms with van der Waals surface area (Å²) in [6.45, 7) is 2.75. The second kappa shape index (κ2) is 11.1. The molecule has 0 atom stereocenters. The van der Waals surface area contributed by atoms with E-state index in [1.165, 1.54) is 0 Å². The van der Waals surface area contributed by atoms with Crippen LogP contribution in [0.4, 0.5) is 0 Å². The van der Waals surface area contributed by atoms with E-state index in [9.17, 15) is 4.79 Å². The van der Waals surface area contributed by atoms with Crippen LogP contribution in [-0.4, -0.2) is 49.4 Å². The topological polar surface area (TPSA) is 89.3 Å². The summed E-state index contributed by atoms with van der Waals surface area (Å²) in [5.41, 5.74) is 0. The van der Waals surface area contributed by atoms with Crippen molar-refractivity contribution in [2.75, 3.05) is 33.4 Å². The summed E-state index contributed by atoms with van der Waals surface area (Å²) in [6.07, 6.45) is 0.783. The zero-order valence-electron chi connectivity index (χ0n) is 12.9. The van der Waals surface area contributed by atoms with Gasteiger partial charge in [-0.15, -0.1) is 23.7 Å². The van der Waals surface area contributed by atoms with Crippen molar-refractivity contribution in [1.82, 2.24) is 20.8 Å². The summed E-state index contributed by atoms with van der Waals surface area (Å²) in [6, 6.07) is 3.87. The average molecular weight is 361 g/mol. The van der Waals surface area contributed by atoms with Crippen LogP contribution in [-0.2, 0) is 16.0 Å². The van der Waals surface area contributed by atoms with E-state index in [1.807, 2.05) is 17.5 Å². The molecule has 2 rings (SSSR count). The number of rotatable bonds is 10. The maximum atomic E-state index is 11.7. The third-order valence-corrected chi connectivity index (χ3v) is 3.75. The Morgan fingerprint density at radius 1 is 1.39 bits per heavy atom. The number of nitrogens with one attached hydrogen (secondary N) is 2. The number of carbonyl (C=O) groups excluding carboxylic acids is 1. The van der Waals surface area contributed by atoms with E-state index in [1.54, 1.807) is 18.4 Å². The Labute approximate surface area is 145 Å². The van der Waals surface area contributed by atoms with Gasteiger partial charge in [0, 0.05) is 39.6 Å². The molecule has 2 N–H and O–H groups in total. The summed E-state index contributed by atoms with van der Waals surface area (Å²) < 4.78 is 10.1. The summed E-state index contributed by atoms with van der Waals surface area (Å²) in [7, 11) is 1.66. The molecule has 0 aliphatic carbocycles. The number of halogens is 1. The number of ether oxygens (including phenoxy) is 1. The monoisotopic (exact) mass is 360 g/mol. The number of amides is 1. The predicted molar refractivity (Wildman–Crippen MR) is 90.9 cm³/mol. The van der Waals surface area contributed by atoms with Crippen LogP contribution in [0.3, 0.4) is 0 Å². The predicted octanol–water partition coefficient (Wildman–Crippen LogP) is 1.50. The largest absolute Gasteiger partial charge is 0.383 e. The van der Waals surface area contributed by atoms with Crippen molar-refractivity contribution in [1.29, 1.82) is 0 Å². The van der Waals surface area contributed by atoms with Gasteiger partial charge in [-0.25, -0.2) is 0 Å². The number of carbonyl (C=O) groups is 1. The minimum atomic E-state index is -0.0237. The van der Waals surface area contributed by atoms with Crippen LogP contribution in [0.2, 0.25) is 0 Å². The van der Waals surface area contributed by atoms with Crippen molar-refractivity contribution in [2.24, 2.45) is 0 Å². The van der Waals surface area contributed by atoms with Crippen molar-refractivity contribution < 1.29 is 14.1 Å². The van der Waals surface area contributed by atoms with Crippen LogP contribution in [0.15, 0.2) is 22.0 Å². The Balaban J connectivity index is 0.00000264. The number of aryl methyl sites for hydroxylation is 1. The fourth-order valence-electron chi connectivity index (χ4n) is 1.76. The van der Waals surface area contributed by atoms with Crippen molar-refractivity contribution in [3.8, 4) is 10.7 Å². The summed E-state index contributed by atoms with van der Waals surface area (Å²) in [5.74, 6) is 1.04. The molecular weight excluding hydrogens is 340 g/mol. The smallest absolute Gasteiger partial charge is 0.227 e. The summed E-state index contributed by atoms with van der Waals surface area (Å²) in [4.78, 5) is 16.9. The Morgan fingerprint density at radius 3 is 3.00 bits per heavy atom. The van der Waals surface area contributed by atoms with E-state index >= 15 is 0 Å². The van der Waals surface area contributed by atoms with Gasteiger partial charge >= 0.3 is 0 Å². The molecule has 2 aromatic heterocycles. The molecule has 7 nitrogen and oxygen atoms in total. The second-order valence-electron chi connectivity index (χ2n) is 4.58. The van der Waals surface area contributed by atoms with Gasteiger partial charge in [0.2, 0.25) is 17.6 Å². The van der Waals surface area contributed by atoms with Crippen LogP contribution >= 0.6 is 23.7 Å². The summed E-state index contributed by atoms with van der Waals surface area (Å²) in [5, 5.41) is 11.9. The molecule has 0 bridgehead atoms. The van der Waals surface area contributed by atoms with E-state index in [2.05, 4.69) is 20.8 Å². The standard InChI is InChI=1S/C14H20N4O3S.ClH/c1-20-9-8-15-6-7-16-12(19)4-5-13-17-14(18-21-13)11-3-2-10-22-11;/h2-3,10,15H,4-9H2,1H3,(H,16,19);1H. The fraction of sp³-hybridized carbons (Fsp3) is 0.500. The Bertz CT molecular complexity index is 562. The summed E-state index contributed by atoms with van der Waals surface area (Å²) >= 11 is 1.55. The molecule has 0 unspecified atom stereocenters. The number of thiophene rings is 1. The molecule has 128 valence electrons. The van der Waals surface area contributed by atoms with Gasteiger partial charge in [0.25, 0.3) is 0 Å². The fourth-order valence-corrected chi connectivity index (χ4v) is 2.41. The lowest BCUT2D eigenvalue weighted by Crippen LogP contribution is -2.33. The van der Waals surface area contributed by atoms with Crippen molar-refractivity contribution in [2.45, 2.75) is 12.8 Å². The molecule has 0 spiro atoms. The first-order valence-electron chi connectivity index (χ1n) is 7.12. The Kier molecular flexibility index (Phi) is 9.46. The SMILES string of the molecule is COCCNCCNC(=O)CCc1nc(-c2cccs2)no1.Cl. The minimum Gasteiger partial charge on any atom is -0.383 e. The molecule has 0 fully saturated rings. The normalized spacial score (nSPS) is 10.3. The minimum absolute atomic E-state index is 0. The maximum absolute atomic E-state index is 11.7. The molecule has 2 aromatic rings. The highest BCUT2D eigenvalue weighted by atomic mass is 35.5. The van der Waals surface area contributed by atoms with E-state index in [0.717, 1.165) is 18.0 Å². The third kappa shape index (κ3) is 7.08. The Hall–Kier alpha value is -1.48. The molecule has 0 saturated heterocycles. The molecule has 0 radical (unpaired) electrons. The zero-order chi connectivity index (χ0) is 15.6. The zero-order valence-corrected chi connectivity index (χ0v) is 14.5. The molecule has 0 aliphatic rings. The van der Waals surface area contributed by atoms with E-state index in [-0.39, 0.29) is 18.3 Å². The highest BCUT2D eigenvalue weighted by molar-refractivity contribution is 7.13. The number of methoxy groups -OCH3 is 1.